The highest BCUT2D eigenvalue weighted by Gasteiger charge is 2.49. The van der Waals surface area contributed by atoms with Gasteiger partial charge in [-0.15, -0.1) is 0 Å². The Kier molecular flexibility index (Phi) is 10.4. The molecular formula is C72H72BN3O2. The smallest absolute Gasteiger partial charge is 0.297 e. The van der Waals surface area contributed by atoms with Gasteiger partial charge in [0.15, 0.2) is 0 Å². The number of rotatable bonds is 5. The van der Waals surface area contributed by atoms with Crippen LogP contribution >= 0.6 is 0 Å². The molecule has 14 rings (SSSR count). The third-order valence-electron chi connectivity index (χ3n) is 19.2. The molecule has 0 bridgehead atoms. The summed E-state index contributed by atoms with van der Waals surface area (Å²) in [7, 11) is 0. The minimum absolute atomic E-state index is 0.000359. The van der Waals surface area contributed by atoms with Crippen LogP contribution in [0.5, 0.6) is 0 Å². The van der Waals surface area contributed by atoms with Crippen LogP contribution in [-0.4, -0.2) is 6.71 Å². The molecule has 8 aromatic carbocycles. The van der Waals surface area contributed by atoms with Gasteiger partial charge in [0.1, 0.15) is 16.7 Å². The molecule has 4 aliphatic rings. The highest BCUT2D eigenvalue weighted by Crippen LogP contribution is 2.56. The van der Waals surface area contributed by atoms with E-state index >= 15 is 0 Å². The van der Waals surface area contributed by atoms with Gasteiger partial charge in [-0.3, -0.25) is 0 Å². The van der Waals surface area contributed by atoms with Crippen LogP contribution in [0.15, 0.2) is 160 Å². The molecule has 0 saturated heterocycles. The molecule has 4 heterocycles. The highest BCUT2D eigenvalue weighted by atomic mass is 16.3. The molecule has 2 aliphatic heterocycles. The van der Waals surface area contributed by atoms with E-state index in [0.29, 0.717) is 0 Å². The second-order valence-electron chi connectivity index (χ2n) is 27.2. The minimum atomic E-state index is -0.243. The van der Waals surface area contributed by atoms with Crippen molar-refractivity contribution >= 4 is 107 Å². The molecule has 0 N–H and O–H groups in total. The molecule has 0 atom stereocenters. The van der Waals surface area contributed by atoms with Crippen LogP contribution in [0.3, 0.4) is 0 Å². The van der Waals surface area contributed by atoms with Crippen molar-refractivity contribution in [3.05, 3.63) is 191 Å². The Morgan fingerprint density at radius 3 is 1.71 bits per heavy atom. The summed E-state index contributed by atoms with van der Waals surface area (Å²) in [6.07, 6.45) is 4.53. The summed E-state index contributed by atoms with van der Waals surface area (Å²) in [4.78, 5) is 7.73. The Bertz CT molecular complexity index is 4110. The van der Waals surface area contributed by atoms with E-state index < -0.39 is 0 Å². The van der Waals surface area contributed by atoms with Crippen molar-refractivity contribution in [2.24, 2.45) is 0 Å². The molecule has 0 spiro atoms. The second-order valence-corrected chi connectivity index (χ2v) is 27.2. The summed E-state index contributed by atoms with van der Waals surface area (Å²) < 4.78 is 14.6. The number of hydrogen-bond acceptors (Lipinski definition) is 5. The number of fused-ring (bicyclic) bond motifs is 11. The summed E-state index contributed by atoms with van der Waals surface area (Å²) in [6.45, 7) is 30.8. The molecule has 2 aliphatic carbocycles. The van der Waals surface area contributed by atoms with Gasteiger partial charge in [-0.1, -0.05) is 155 Å². The molecule has 0 amide bonds. The standard InChI is InChI=1S/C72H72BN3O2/c1-43-21-14-17-24-55(43)74(56-25-18-15-22-44(56)2)47-39-59-65-60(40-47)76(58-26-20-28-62-64(58)48-23-16-19-27-61(48)77-62)57-32-29-45(68(3,4)5)37-54(57)73(65)67-66(49-41-52-53(42-63(49)78-67)72(12,13)36-35-71(52,10)11)75(59)46-30-31-50-51(38-46)70(8,9)34-33-69(50,6)7/h14-32,37-42H,33-36H2,1-13H3. The van der Waals surface area contributed by atoms with Gasteiger partial charge in [0.25, 0.3) is 6.71 Å². The SMILES string of the molecule is Cc1ccccc1N(c1cc2c3c(c1)N(c1cccc4oc5ccccc5c14)c1ccc(C(C)(C)C)cc1B3c1oc3cc4c(cc3c1N2c1ccc2c(c1)C(C)(C)CCC2(C)C)C(C)(C)CCC4(C)C)c1ccccc1C. The fourth-order valence-corrected chi connectivity index (χ4v) is 14.3. The van der Waals surface area contributed by atoms with Crippen molar-refractivity contribution in [2.45, 2.75) is 143 Å². The Morgan fingerprint density at radius 2 is 1.05 bits per heavy atom. The Hall–Kier alpha value is -7.44. The van der Waals surface area contributed by atoms with Gasteiger partial charge in [0.2, 0.25) is 0 Å². The van der Waals surface area contributed by atoms with Gasteiger partial charge in [0.05, 0.1) is 28.1 Å². The number of para-hydroxylation sites is 3. The van der Waals surface area contributed by atoms with E-state index in [1.807, 2.05) is 0 Å². The average Bonchev–Trinajstić information content (AvgIpc) is 3.56. The van der Waals surface area contributed by atoms with Crippen LogP contribution in [0.25, 0.3) is 32.9 Å². The fraction of sp³-hybridized carbons (Fsp3) is 0.306. The third-order valence-corrected chi connectivity index (χ3v) is 19.2. The van der Waals surface area contributed by atoms with E-state index in [2.05, 4.69) is 256 Å². The van der Waals surface area contributed by atoms with Gasteiger partial charge in [-0.05, 0) is 189 Å². The van der Waals surface area contributed by atoms with E-state index in [-0.39, 0.29) is 33.8 Å². The van der Waals surface area contributed by atoms with E-state index in [4.69, 9.17) is 8.83 Å². The number of benzene rings is 8. The zero-order valence-electron chi connectivity index (χ0n) is 48.0. The van der Waals surface area contributed by atoms with Crippen LogP contribution in [0.1, 0.15) is 141 Å². The summed E-state index contributed by atoms with van der Waals surface area (Å²) in [5.74, 6) is 0. The average molecular weight is 1020 g/mol. The van der Waals surface area contributed by atoms with E-state index in [0.717, 1.165) is 110 Å². The molecule has 78 heavy (non-hydrogen) atoms. The van der Waals surface area contributed by atoms with Gasteiger partial charge >= 0.3 is 0 Å². The first kappa shape index (κ1) is 48.9. The van der Waals surface area contributed by atoms with Crippen LogP contribution in [0, 0.1) is 13.8 Å². The van der Waals surface area contributed by atoms with E-state index in [1.165, 1.54) is 55.3 Å². The van der Waals surface area contributed by atoms with Crippen molar-refractivity contribution in [2.75, 3.05) is 14.7 Å². The Morgan fingerprint density at radius 1 is 0.474 bits per heavy atom. The maximum Gasteiger partial charge on any atom is 0.297 e. The van der Waals surface area contributed by atoms with Crippen molar-refractivity contribution in [3.8, 4) is 0 Å². The van der Waals surface area contributed by atoms with E-state index in [9.17, 15) is 0 Å². The van der Waals surface area contributed by atoms with Crippen LogP contribution in [0.2, 0.25) is 0 Å². The lowest BCUT2D eigenvalue weighted by atomic mass is 9.35. The largest absolute Gasteiger partial charge is 0.468 e. The minimum Gasteiger partial charge on any atom is -0.468 e. The van der Waals surface area contributed by atoms with Crippen molar-refractivity contribution < 1.29 is 8.83 Å². The highest BCUT2D eigenvalue weighted by molar-refractivity contribution is 7.00. The first-order chi connectivity index (χ1) is 37.1. The van der Waals surface area contributed by atoms with Crippen LogP contribution in [-0.2, 0) is 27.1 Å². The monoisotopic (exact) mass is 1020 g/mol. The zero-order chi connectivity index (χ0) is 54.2. The van der Waals surface area contributed by atoms with Crippen molar-refractivity contribution in [1.29, 1.82) is 0 Å². The first-order valence-electron chi connectivity index (χ1n) is 28.6. The van der Waals surface area contributed by atoms with Gasteiger partial charge in [-0.2, -0.15) is 0 Å². The number of anilines is 9. The van der Waals surface area contributed by atoms with Gasteiger partial charge in [0, 0.05) is 44.9 Å². The van der Waals surface area contributed by atoms with Gasteiger partial charge in [-0.25, -0.2) is 0 Å². The summed E-state index contributed by atoms with van der Waals surface area (Å²) in [6, 6.07) is 57.6. The van der Waals surface area contributed by atoms with Crippen LogP contribution < -0.4 is 31.3 Å². The van der Waals surface area contributed by atoms with E-state index in [1.54, 1.807) is 0 Å². The molecule has 0 saturated carbocycles. The quantitative estimate of drug-likeness (QED) is 0.161. The maximum absolute atomic E-state index is 7.81. The lowest BCUT2D eigenvalue weighted by molar-refractivity contribution is 0.332. The summed E-state index contributed by atoms with van der Waals surface area (Å²) in [5, 5.41) is 3.36. The second kappa shape index (κ2) is 16.6. The Balaban J connectivity index is 1.18. The van der Waals surface area contributed by atoms with Crippen molar-refractivity contribution in [3.63, 3.8) is 0 Å². The molecule has 0 radical (unpaired) electrons. The Labute approximate surface area is 462 Å². The summed E-state index contributed by atoms with van der Waals surface area (Å²) in [5.41, 5.74) is 25.6. The molecule has 5 nitrogen and oxygen atoms in total. The topological polar surface area (TPSA) is 36.0 Å². The lowest BCUT2D eigenvalue weighted by Gasteiger charge is -2.45. The molecule has 0 fully saturated rings. The molecule has 6 heteroatoms. The normalized spacial score (nSPS) is 17.4. The predicted molar refractivity (Wildman–Crippen MR) is 331 cm³/mol. The first-order valence-corrected chi connectivity index (χ1v) is 28.6. The maximum atomic E-state index is 7.81. The number of nitrogens with zero attached hydrogens (tertiary/aromatic N) is 3. The number of aryl methyl sites for hydroxylation is 2. The molecule has 390 valence electrons. The number of furan rings is 2. The summed E-state index contributed by atoms with van der Waals surface area (Å²) >= 11 is 0. The number of hydrogen-bond donors (Lipinski definition) is 0. The molecular weight excluding hydrogens is 950 g/mol. The third kappa shape index (κ3) is 7.13. The van der Waals surface area contributed by atoms with Gasteiger partial charge < -0.3 is 23.5 Å². The fourth-order valence-electron chi connectivity index (χ4n) is 14.3. The predicted octanol–water partition coefficient (Wildman–Crippen LogP) is 18.5. The lowest BCUT2D eigenvalue weighted by Crippen LogP contribution is -2.61. The van der Waals surface area contributed by atoms with Crippen molar-refractivity contribution in [1.82, 2.24) is 0 Å². The molecule has 0 unspecified atom stereocenters. The molecule has 2 aromatic heterocycles. The van der Waals surface area contributed by atoms with Crippen LogP contribution in [0.4, 0.5) is 51.2 Å². The zero-order valence-corrected chi connectivity index (χ0v) is 48.0. The molecule has 10 aromatic rings.